The van der Waals surface area contributed by atoms with Gasteiger partial charge in [0.05, 0.1) is 0 Å². The molecule has 18 heavy (non-hydrogen) atoms. The van der Waals surface area contributed by atoms with Crippen molar-refractivity contribution in [3.8, 4) is 0 Å². The Hall–Kier alpha value is -0.570. The van der Waals surface area contributed by atoms with E-state index in [-0.39, 0.29) is 11.4 Å². The third-order valence-corrected chi connectivity index (χ3v) is 4.88. The highest BCUT2D eigenvalue weighted by atomic mass is 16.1. The Balaban J connectivity index is 1.74. The summed E-state index contributed by atoms with van der Waals surface area (Å²) in [5.41, 5.74) is 6.43. The normalized spacial score (nSPS) is 25.9. The van der Waals surface area contributed by atoms with Crippen LogP contribution in [-0.4, -0.2) is 18.0 Å². The maximum absolute atomic E-state index is 12.0. The topological polar surface area (TPSA) is 55.1 Å². The molecule has 2 rings (SSSR count). The van der Waals surface area contributed by atoms with Gasteiger partial charge >= 0.3 is 0 Å². The van der Waals surface area contributed by atoms with E-state index in [9.17, 15) is 4.79 Å². The van der Waals surface area contributed by atoms with Crippen molar-refractivity contribution in [2.24, 2.45) is 11.1 Å². The maximum atomic E-state index is 12.0. The molecule has 1 amide bonds. The molecule has 0 aromatic carbocycles. The van der Waals surface area contributed by atoms with E-state index < -0.39 is 0 Å². The molecule has 0 atom stereocenters. The monoisotopic (exact) mass is 252 g/mol. The molecule has 3 heteroatoms. The van der Waals surface area contributed by atoms with E-state index in [1.165, 1.54) is 44.9 Å². The Morgan fingerprint density at radius 3 is 2.22 bits per heavy atom. The highest BCUT2D eigenvalue weighted by molar-refractivity contribution is 5.77. The van der Waals surface area contributed by atoms with Crippen LogP contribution in [0.4, 0.5) is 0 Å². The van der Waals surface area contributed by atoms with Crippen LogP contribution in [0.1, 0.15) is 71.1 Å². The fourth-order valence-electron chi connectivity index (χ4n) is 3.53. The van der Waals surface area contributed by atoms with Crippen molar-refractivity contribution in [2.75, 3.05) is 6.54 Å². The number of hydrogen-bond acceptors (Lipinski definition) is 2. The van der Waals surface area contributed by atoms with Crippen LogP contribution in [0, 0.1) is 5.41 Å². The summed E-state index contributed by atoms with van der Waals surface area (Å²) in [4.78, 5) is 12.0. The number of amides is 1. The van der Waals surface area contributed by atoms with Gasteiger partial charge in [-0.1, -0.05) is 39.0 Å². The van der Waals surface area contributed by atoms with E-state index in [4.69, 9.17) is 5.73 Å². The van der Waals surface area contributed by atoms with Gasteiger partial charge in [-0.15, -0.1) is 0 Å². The first-order valence-electron chi connectivity index (χ1n) is 7.57. The minimum absolute atomic E-state index is 0.160. The van der Waals surface area contributed by atoms with Crippen molar-refractivity contribution in [1.82, 2.24) is 5.32 Å². The molecule has 0 heterocycles. The Kier molecular flexibility index (Phi) is 4.31. The Morgan fingerprint density at radius 1 is 1.06 bits per heavy atom. The molecule has 0 radical (unpaired) electrons. The first-order valence-corrected chi connectivity index (χ1v) is 7.57. The lowest BCUT2D eigenvalue weighted by Gasteiger charge is -2.33. The summed E-state index contributed by atoms with van der Waals surface area (Å²) < 4.78 is 0. The lowest BCUT2D eigenvalue weighted by Crippen LogP contribution is -2.47. The third-order valence-electron chi connectivity index (χ3n) is 4.88. The van der Waals surface area contributed by atoms with E-state index in [1.807, 2.05) is 0 Å². The third kappa shape index (κ3) is 3.71. The van der Waals surface area contributed by atoms with E-state index in [1.54, 1.807) is 0 Å². The predicted molar refractivity (Wildman–Crippen MR) is 74.2 cm³/mol. The second-order valence-electron chi connectivity index (χ2n) is 6.89. The maximum Gasteiger partial charge on any atom is 0.221 e. The van der Waals surface area contributed by atoms with Crippen LogP contribution in [-0.2, 0) is 4.79 Å². The molecule has 0 aliphatic heterocycles. The molecular weight excluding hydrogens is 224 g/mol. The van der Waals surface area contributed by atoms with Gasteiger partial charge in [0.15, 0.2) is 0 Å². The molecule has 0 aromatic heterocycles. The van der Waals surface area contributed by atoms with Crippen LogP contribution in [0.3, 0.4) is 0 Å². The summed E-state index contributed by atoms with van der Waals surface area (Å²) in [6.45, 7) is 3.13. The van der Waals surface area contributed by atoms with E-state index >= 15 is 0 Å². The lowest BCUT2D eigenvalue weighted by atomic mass is 9.80. The van der Waals surface area contributed by atoms with E-state index in [0.29, 0.717) is 11.8 Å². The number of nitrogens with one attached hydrogen (secondary N) is 1. The first-order chi connectivity index (χ1) is 8.52. The zero-order chi connectivity index (χ0) is 13.1. The number of hydrogen-bond donors (Lipinski definition) is 2. The first kappa shape index (κ1) is 13.9. The molecule has 0 saturated heterocycles. The average Bonchev–Trinajstić information content (AvgIpc) is 2.75. The zero-order valence-electron chi connectivity index (χ0n) is 11.8. The van der Waals surface area contributed by atoms with Crippen LogP contribution in [0.2, 0.25) is 0 Å². The van der Waals surface area contributed by atoms with Gasteiger partial charge in [-0.3, -0.25) is 4.79 Å². The molecule has 2 fully saturated rings. The fourth-order valence-corrected chi connectivity index (χ4v) is 3.53. The molecule has 2 saturated carbocycles. The summed E-state index contributed by atoms with van der Waals surface area (Å²) >= 11 is 0. The Bertz CT molecular complexity index is 289. The van der Waals surface area contributed by atoms with Crippen molar-refractivity contribution in [2.45, 2.75) is 76.7 Å². The lowest BCUT2D eigenvalue weighted by molar-refractivity contribution is -0.123. The number of nitrogens with two attached hydrogens (primary N) is 1. The minimum Gasteiger partial charge on any atom is -0.355 e. The molecule has 3 nitrogen and oxygen atoms in total. The second-order valence-corrected chi connectivity index (χ2v) is 6.89. The number of carbonyl (C=O) groups excluding carboxylic acids is 1. The smallest absolute Gasteiger partial charge is 0.221 e. The van der Waals surface area contributed by atoms with Crippen molar-refractivity contribution < 1.29 is 4.79 Å². The van der Waals surface area contributed by atoms with Crippen molar-refractivity contribution in [3.63, 3.8) is 0 Å². The van der Waals surface area contributed by atoms with Crippen molar-refractivity contribution >= 4 is 5.91 Å². The van der Waals surface area contributed by atoms with Gasteiger partial charge < -0.3 is 11.1 Å². The van der Waals surface area contributed by atoms with Crippen molar-refractivity contribution in [1.29, 1.82) is 0 Å². The Morgan fingerprint density at radius 2 is 1.61 bits per heavy atom. The Labute approximate surface area is 111 Å². The molecule has 2 aliphatic rings. The molecule has 0 aromatic rings. The summed E-state index contributed by atoms with van der Waals surface area (Å²) in [6, 6.07) is 0. The number of rotatable bonds is 4. The zero-order valence-corrected chi connectivity index (χ0v) is 11.8. The molecule has 0 spiro atoms. The number of carbonyl (C=O) groups is 1. The van der Waals surface area contributed by atoms with Gasteiger partial charge in [0.1, 0.15) is 0 Å². The van der Waals surface area contributed by atoms with E-state index in [2.05, 4.69) is 12.2 Å². The quantitative estimate of drug-likeness (QED) is 0.808. The summed E-state index contributed by atoms with van der Waals surface area (Å²) in [6.07, 6.45) is 11.3. The summed E-state index contributed by atoms with van der Waals surface area (Å²) in [5, 5.41) is 3.12. The molecule has 2 aliphatic carbocycles. The minimum atomic E-state index is -0.223. The van der Waals surface area contributed by atoms with Gasteiger partial charge in [-0.25, -0.2) is 0 Å². The highest BCUT2D eigenvalue weighted by Crippen LogP contribution is 2.36. The largest absolute Gasteiger partial charge is 0.355 e. The average molecular weight is 252 g/mol. The van der Waals surface area contributed by atoms with Gasteiger partial charge in [0.2, 0.25) is 5.91 Å². The van der Waals surface area contributed by atoms with E-state index in [0.717, 1.165) is 19.4 Å². The summed E-state index contributed by atoms with van der Waals surface area (Å²) in [5.74, 6) is 0.160. The SMILES string of the molecule is CC1(CNC(=O)CC2(N)CCCCC2)CCCC1. The molecule has 104 valence electrons. The standard InChI is InChI=1S/C15H28N2O/c1-14(7-5-6-8-14)12-17-13(18)11-15(16)9-3-2-4-10-15/h2-12,16H2,1H3,(H,17,18). The van der Waals surface area contributed by atoms with Gasteiger partial charge in [0, 0.05) is 18.5 Å². The van der Waals surface area contributed by atoms with Gasteiger partial charge in [-0.2, -0.15) is 0 Å². The van der Waals surface area contributed by atoms with Crippen molar-refractivity contribution in [3.05, 3.63) is 0 Å². The van der Waals surface area contributed by atoms with Crippen LogP contribution >= 0.6 is 0 Å². The molecular formula is C15H28N2O. The highest BCUT2D eigenvalue weighted by Gasteiger charge is 2.32. The molecule has 3 N–H and O–H groups in total. The second kappa shape index (κ2) is 5.60. The van der Waals surface area contributed by atoms with Crippen LogP contribution < -0.4 is 11.1 Å². The van der Waals surface area contributed by atoms with Gasteiger partial charge in [-0.05, 0) is 31.1 Å². The molecule has 0 unspecified atom stereocenters. The predicted octanol–water partition coefficient (Wildman–Crippen LogP) is 2.73. The summed E-state index contributed by atoms with van der Waals surface area (Å²) in [7, 11) is 0. The van der Waals surface area contributed by atoms with Crippen LogP contribution in [0.15, 0.2) is 0 Å². The van der Waals surface area contributed by atoms with Gasteiger partial charge in [0.25, 0.3) is 0 Å². The molecule has 0 bridgehead atoms. The van der Waals surface area contributed by atoms with Crippen LogP contribution in [0.25, 0.3) is 0 Å². The fraction of sp³-hybridized carbons (Fsp3) is 0.933. The van der Waals surface area contributed by atoms with Crippen LogP contribution in [0.5, 0.6) is 0 Å².